The summed E-state index contributed by atoms with van der Waals surface area (Å²) < 4.78 is 3.64. The van der Waals surface area contributed by atoms with Gasteiger partial charge in [-0.2, -0.15) is 0 Å². The fraction of sp³-hybridized carbons (Fsp3) is 0.769. The van der Waals surface area contributed by atoms with Gasteiger partial charge in [-0.05, 0) is 55.0 Å². The Labute approximate surface area is 106 Å². The first-order chi connectivity index (χ1) is 7.77. The molecule has 0 radical (unpaired) electrons. The van der Waals surface area contributed by atoms with Crippen molar-refractivity contribution in [2.75, 3.05) is 0 Å². The third kappa shape index (κ3) is 1.64. The van der Waals surface area contributed by atoms with Crippen LogP contribution in [0.5, 0.6) is 0 Å². The fourth-order valence-electron chi connectivity index (χ4n) is 3.34. The molecule has 0 spiro atoms. The van der Waals surface area contributed by atoms with Gasteiger partial charge >= 0.3 is 0 Å². The van der Waals surface area contributed by atoms with Crippen LogP contribution in [0.3, 0.4) is 0 Å². The van der Waals surface area contributed by atoms with Gasteiger partial charge in [0, 0.05) is 12.0 Å². The number of imidazole rings is 1. The van der Waals surface area contributed by atoms with E-state index in [1.807, 2.05) is 0 Å². The molecule has 1 unspecified atom stereocenters. The Morgan fingerprint density at radius 2 is 1.94 bits per heavy atom. The smallest absolute Gasteiger partial charge is 0.127 e. The van der Waals surface area contributed by atoms with Crippen LogP contribution in [0.25, 0.3) is 0 Å². The predicted molar refractivity (Wildman–Crippen MR) is 68.8 cm³/mol. The molecule has 1 atom stereocenters. The Bertz CT molecular complexity index is 391. The highest BCUT2D eigenvalue weighted by atomic mass is 79.9. The van der Waals surface area contributed by atoms with Crippen LogP contribution in [0.15, 0.2) is 4.60 Å². The van der Waals surface area contributed by atoms with E-state index in [1.54, 1.807) is 0 Å². The Balaban J connectivity index is 2.04. The van der Waals surface area contributed by atoms with E-state index >= 15 is 0 Å². The quantitative estimate of drug-likeness (QED) is 0.755. The lowest BCUT2D eigenvalue weighted by Crippen LogP contribution is -2.18. The molecule has 3 rings (SSSR count). The molecule has 1 aromatic heterocycles. The first kappa shape index (κ1) is 10.8. The van der Waals surface area contributed by atoms with Crippen LogP contribution in [-0.2, 0) is 6.42 Å². The minimum absolute atomic E-state index is 0.651. The molecule has 0 amide bonds. The zero-order chi connectivity index (χ0) is 11.1. The van der Waals surface area contributed by atoms with Crippen LogP contribution in [0.4, 0.5) is 0 Å². The summed E-state index contributed by atoms with van der Waals surface area (Å²) in [5.74, 6) is 2.09. The van der Waals surface area contributed by atoms with E-state index in [2.05, 4.69) is 27.4 Å². The summed E-state index contributed by atoms with van der Waals surface area (Å²) in [6, 6.07) is 0.651. The van der Waals surface area contributed by atoms with Crippen LogP contribution in [0.2, 0.25) is 0 Å². The van der Waals surface area contributed by atoms with Crippen molar-refractivity contribution in [3.8, 4) is 0 Å². The molecular formula is C13H19BrN2. The second kappa shape index (κ2) is 4.17. The Morgan fingerprint density at radius 3 is 2.69 bits per heavy atom. The van der Waals surface area contributed by atoms with E-state index in [1.165, 1.54) is 56.5 Å². The highest BCUT2D eigenvalue weighted by molar-refractivity contribution is 9.10. The van der Waals surface area contributed by atoms with Crippen molar-refractivity contribution in [3.05, 3.63) is 16.1 Å². The van der Waals surface area contributed by atoms with E-state index in [0.29, 0.717) is 6.04 Å². The summed E-state index contributed by atoms with van der Waals surface area (Å²) in [5, 5.41) is 0. The van der Waals surface area contributed by atoms with Gasteiger partial charge in [0.1, 0.15) is 10.4 Å². The van der Waals surface area contributed by atoms with Gasteiger partial charge in [0.05, 0.1) is 5.69 Å². The molecule has 0 saturated heterocycles. The molecule has 0 N–H and O–H groups in total. The number of hydrogen-bond donors (Lipinski definition) is 0. The monoisotopic (exact) mass is 282 g/mol. The first-order valence-corrected chi connectivity index (χ1v) is 7.33. The molecule has 16 heavy (non-hydrogen) atoms. The van der Waals surface area contributed by atoms with Crippen LogP contribution in [0, 0.1) is 0 Å². The van der Waals surface area contributed by atoms with Crippen LogP contribution >= 0.6 is 15.9 Å². The molecule has 1 aliphatic heterocycles. The van der Waals surface area contributed by atoms with Crippen LogP contribution in [0.1, 0.15) is 68.9 Å². The number of nitrogens with zero attached hydrogens (tertiary/aromatic N) is 2. The van der Waals surface area contributed by atoms with Crippen molar-refractivity contribution in [3.63, 3.8) is 0 Å². The molecule has 0 bridgehead atoms. The lowest BCUT2D eigenvalue weighted by atomic mass is 10.0. The molecule has 3 heteroatoms. The van der Waals surface area contributed by atoms with E-state index in [4.69, 9.17) is 4.98 Å². The normalized spacial score (nSPS) is 26.0. The van der Waals surface area contributed by atoms with Crippen LogP contribution in [-0.4, -0.2) is 9.55 Å². The highest BCUT2D eigenvalue weighted by Crippen LogP contribution is 2.39. The minimum Gasteiger partial charge on any atom is -0.328 e. The summed E-state index contributed by atoms with van der Waals surface area (Å²) in [6.07, 6.45) is 9.29. The number of fused-ring (bicyclic) bond motifs is 1. The zero-order valence-electron chi connectivity index (χ0n) is 9.88. The standard InChI is InChI=1S/C13H19BrN2/c1-9-5-4-8-11-12(14)15-13(16(9)11)10-6-2-3-7-10/h9-10H,2-8H2,1H3. The van der Waals surface area contributed by atoms with Crippen molar-refractivity contribution in [1.82, 2.24) is 9.55 Å². The van der Waals surface area contributed by atoms with Gasteiger partial charge in [-0.3, -0.25) is 0 Å². The molecule has 1 fully saturated rings. The first-order valence-electron chi connectivity index (χ1n) is 6.54. The van der Waals surface area contributed by atoms with Crippen molar-refractivity contribution < 1.29 is 0 Å². The van der Waals surface area contributed by atoms with Gasteiger partial charge in [-0.15, -0.1) is 0 Å². The lowest BCUT2D eigenvalue weighted by molar-refractivity contribution is 0.406. The van der Waals surface area contributed by atoms with Gasteiger partial charge in [0.25, 0.3) is 0 Å². The molecule has 2 aliphatic rings. The number of aromatic nitrogens is 2. The summed E-state index contributed by atoms with van der Waals surface area (Å²) >= 11 is 3.65. The van der Waals surface area contributed by atoms with E-state index in [0.717, 1.165) is 10.5 Å². The van der Waals surface area contributed by atoms with Crippen molar-refractivity contribution >= 4 is 15.9 Å². The Kier molecular flexibility index (Phi) is 2.82. The van der Waals surface area contributed by atoms with Gasteiger partial charge in [-0.25, -0.2) is 4.98 Å². The van der Waals surface area contributed by atoms with Gasteiger partial charge in [0.2, 0.25) is 0 Å². The number of hydrogen-bond acceptors (Lipinski definition) is 1. The van der Waals surface area contributed by atoms with Gasteiger partial charge in [0.15, 0.2) is 0 Å². The number of rotatable bonds is 1. The van der Waals surface area contributed by atoms with E-state index in [9.17, 15) is 0 Å². The molecule has 0 aromatic carbocycles. The van der Waals surface area contributed by atoms with Crippen molar-refractivity contribution in [2.24, 2.45) is 0 Å². The largest absolute Gasteiger partial charge is 0.328 e. The van der Waals surface area contributed by atoms with Crippen molar-refractivity contribution in [1.29, 1.82) is 0 Å². The molecule has 1 saturated carbocycles. The SMILES string of the molecule is CC1CCCc2c(Br)nc(C3CCCC3)n21. The zero-order valence-corrected chi connectivity index (χ0v) is 11.5. The molecule has 1 aromatic rings. The maximum atomic E-state index is 4.80. The molecule has 88 valence electrons. The number of halogens is 1. The summed E-state index contributed by atoms with van der Waals surface area (Å²) in [6.45, 7) is 2.34. The molecule has 2 nitrogen and oxygen atoms in total. The molecular weight excluding hydrogens is 264 g/mol. The molecule has 1 aliphatic carbocycles. The maximum absolute atomic E-state index is 4.80. The van der Waals surface area contributed by atoms with Gasteiger partial charge < -0.3 is 4.57 Å². The molecule has 2 heterocycles. The van der Waals surface area contributed by atoms with Crippen LogP contribution < -0.4 is 0 Å². The highest BCUT2D eigenvalue weighted by Gasteiger charge is 2.29. The average Bonchev–Trinajstić information content (AvgIpc) is 2.87. The second-order valence-corrected chi connectivity index (χ2v) is 6.05. The third-order valence-corrected chi connectivity index (χ3v) is 4.82. The summed E-state index contributed by atoms with van der Waals surface area (Å²) in [7, 11) is 0. The second-order valence-electron chi connectivity index (χ2n) is 5.30. The predicted octanol–water partition coefficient (Wildman–Crippen LogP) is 4.20. The summed E-state index contributed by atoms with van der Waals surface area (Å²) in [4.78, 5) is 4.80. The maximum Gasteiger partial charge on any atom is 0.127 e. The van der Waals surface area contributed by atoms with E-state index < -0.39 is 0 Å². The Hall–Kier alpha value is -0.310. The van der Waals surface area contributed by atoms with Gasteiger partial charge in [-0.1, -0.05) is 12.8 Å². The van der Waals surface area contributed by atoms with E-state index in [-0.39, 0.29) is 0 Å². The minimum atomic E-state index is 0.651. The summed E-state index contributed by atoms with van der Waals surface area (Å²) in [5.41, 5.74) is 1.45. The lowest BCUT2D eigenvalue weighted by Gasteiger charge is -2.25. The topological polar surface area (TPSA) is 17.8 Å². The third-order valence-electron chi connectivity index (χ3n) is 4.19. The Morgan fingerprint density at radius 1 is 1.19 bits per heavy atom. The average molecular weight is 283 g/mol. The fourth-order valence-corrected chi connectivity index (χ4v) is 3.91. The van der Waals surface area contributed by atoms with Crippen molar-refractivity contribution in [2.45, 2.75) is 63.8 Å².